The van der Waals surface area contributed by atoms with Gasteiger partial charge in [-0.3, -0.25) is 9.59 Å². The summed E-state index contributed by atoms with van der Waals surface area (Å²) in [6.45, 7) is 4.11. The number of nitrogens with zero attached hydrogens (tertiary/aromatic N) is 1. The average molecular weight is 296 g/mol. The van der Waals surface area contributed by atoms with E-state index in [0.717, 1.165) is 4.47 Å². The molecule has 0 bridgehead atoms. The summed E-state index contributed by atoms with van der Waals surface area (Å²) in [6, 6.07) is 7.29. The normalized spacial score (nSPS) is 18.5. The van der Waals surface area contributed by atoms with Crippen LogP contribution >= 0.6 is 15.9 Å². The van der Waals surface area contributed by atoms with Crippen molar-refractivity contribution in [2.75, 3.05) is 6.54 Å². The lowest BCUT2D eigenvalue weighted by Gasteiger charge is -2.30. The number of Topliss-reactive ketones (excluding diaryl/α,β-unsaturated/α-hetero) is 1. The van der Waals surface area contributed by atoms with Crippen molar-refractivity contribution in [3.05, 3.63) is 34.3 Å². The molecule has 0 unspecified atom stereocenters. The molecule has 0 atom stereocenters. The molecule has 1 fully saturated rings. The number of benzene rings is 1. The number of rotatable bonds is 1. The zero-order valence-electron chi connectivity index (χ0n) is 9.87. The molecule has 1 aliphatic heterocycles. The number of carbonyl (C=O) groups excluding carboxylic acids is 2. The Balaban J connectivity index is 2.34. The van der Waals surface area contributed by atoms with Gasteiger partial charge in [0.2, 0.25) is 0 Å². The van der Waals surface area contributed by atoms with E-state index in [1.807, 2.05) is 18.2 Å². The Morgan fingerprint density at radius 1 is 1.35 bits per heavy atom. The van der Waals surface area contributed by atoms with Gasteiger partial charge in [0.25, 0.3) is 5.91 Å². The summed E-state index contributed by atoms with van der Waals surface area (Å²) < 4.78 is 0.764. The smallest absolute Gasteiger partial charge is 0.255 e. The van der Waals surface area contributed by atoms with Crippen LogP contribution in [0.25, 0.3) is 0 Å². The van der Waals surface area contributed by atoms with Crippen molar-refractivity contribution in [1.29, 1.82) is 0 Å². The molecule has 17 heavy (non-hydrogen) atoms. The van der Waals surface area contributed by atoms with Crippen LogP contribution in [0.15, 0.2) is 28.7 Å². The van der Waals surface area contributed by atoms with Crippen LogP contribution in [0, 0.1) is 0 Å². The van der Waals surface area contributed by atoms with Crippen molar-refractivity contribution in [3.63, 3.8) is 0 Å². The van der Waals surface area contributed by atoms with Crippen molar-refractivity contribution in [2.45, 2.75) is 25.8 Å². The van der Waals surface area contributed by atoms with Crippen LogP contribution in [0.2, 0.25) is 0 Å². The highest BCUT2D eigenvalue weighted by Gasteiger charge is 2.43. The van der Waals surface area contributed by atoms with E-state index in [4.69, 9.17) is 0 Å². The molecule has 1 aromatic rings. The second-order valence-electron chi connectivity index (χ2n) is 4.67. The van der Waals surface area contributed by atoms with E-state index in [0.29, 0.717) is 18.5 Å². The van der Waals surface area contributed by atoms with Crippen LogP contribution in [0.3, 0.4) is 0 Å². The first-order valence-corrected chi connectivity index (χ1v) is 6.33. The number of likely N-dealkylation sites (tertiary alicyclic amines) is 1. The summed E-state index contributed by atoms with van der Waals surface area (Å²) in [5, 5.41) is 0. The quantitative estimate of drug-likeness (QED) is 0.799. The summed E-state index contributed by atoms with van der Waals surface area (Å²) in [7, 11) is 0. The average Bonchev–Trinajstić information content (AvgIpc) is 2.54. The summed E-state index contributed by atoms with van der Waals surface area (Å²) >= 11 is 3.36. The highest BCUT2D eigenvalue weighted by Crippen LogP contribution is 2.28. The van der Waals surface area contributed by atoms with Gasteiger partial charge < -0.3 is 4.90 Å². The maximum absolute atomic E-state index is 12.4. The molecule has 2 rings (SSSR count). The van der Waals surface area contributed by atoms with E-state index in [1.54, 1.807) is 24.8 Å². The highest BCUT2D eigenvalue weighted by atomic mass is 79.9. The third-order valence-electron chi connectivity index (χ3n) is 3.27. The number of hydrogen-bond acceptors (Lipinski definition) is 2. The summed E-state index contributed by atoms with van der Waals surface area (Å²) in [4.78, 5) is 25.7. The molecular weight excluding hydrogens is 282 g/mol. The SMILES string of the molecule is CC1(C)C(=O)CCN1C(=O)c1ccccc1Br. The van der Waals surface area contributed by atoms with Crippen molar-refractivity contribution >= 4 is 27.6 Å². The molecule has 0 saturated carbocycles. The first-order valence-electron chi connectivity index (χ1n) is 5.54. The van der Waals surface area contributed by atoms with Gasteiger partial charge >= 0.3 is 0 Å². The Morgan fingerprint density at radius 3 is 2.53 bits per heavy atom. The molecule has 4 heteroatoms. The van der Waals surface area contributed by atoms with E-state index in [-0.39, 0.29) is 11.7 Å². The largest absolute Gasteiger partial charge is 0.326 e. The fourth-order valence-corrected chi connectivity index (χ4v) is 2.54. The van der Waals surface area contributed by atoms with Crippen molar-refractivity contribution in [2.24, 2.45) is 0 Å². The predicted octanol–water partition coefficient (Wildman–Crippen LogP) is 2.64. The lowest BCUT2D eigenvalue weighted by molar-refractivity contribution is -0.123. The zero-order valence-corrected chi connectivity index (χ0v) is 11.5. The third-order valence-corrected chi connectivity index (χ3v) is 3.96. The highest BCUT2D eigenvalue weighted by molar-refractivity contribution is 9.10. The summed E-state index contributed by atoms with van der Waals surface area (Å²) in [6.07, 6.45) is 0.448. The zero-order chi connectivity index (χ0) is 12.6. The van der Waals surface area contributed by atoms with Gasteiger partial charge in [-0.15, -0.1) is 0 Å². The van der Waals surface area contributed by atoms with Crippen molar-refractivity contribution < 1.29 is 9.59 Å². The maximum atomic E-state index is 12.4. The first-order chi connectivity index (χ1) is 7.94. The van der Waals surface area contributed by atoms with E-state index in [2.05, 4.69) is 15.9 Å². The molecule has 1 amide bonds. The van der Waals surface area contributed by atoms with Crippen LogP contribution < -0.4 is 0 Å². The number of halogens is 1. The summed E-state index contributed by atoms with van der Waals surface area (Å²) in [5.41, 5.74) is -0.0814. The molecule has 1 heterocycles. The Kier molecular flexibility index (Phi) is 3.08. The lowest BCUT2D eigenvalue weighted by atomic mass is 10.00. The number of carbonyl (C=O) groups is 2. The fourth-order valence-electron chi connectivity index (χ4n) is 2.08. The standard InChI is InChI=1S/C13H14BrNO2/c1-13(2)11(16)7-8-15(13)12(17)9-5-3-4-6-10(9)14/h3-6H,7-8H2,1-2H3. The van der Waals surface area contributed by atoms with Gasteiger partial charge in [-0.2, -0.15) is 0 Å². The van der Waals surface area contributed by atoms with Gasteiger partial charge in [0.1, 0.15) is 0 Å². The number of ketones is 1. The third kappa shape index (κ3) is 2.02. The molecule has 0 spiro atoms. The van der Waals surface area contributed by atoms with Gasteiger partial charge in [0.05, 0.1) is 11.1 Å². The minimum absolute atomic E-state index is 0.0895. The van der Waals surface area contributed by atoms with Crippen molar-refractivity contribution in [1.82, 2.24) is 4.90 Å². The number of hydrogen-bond donors (Lipinski definition) is 0. The molecule has 0 aliphatic carbocycles. The molecule has 3 nitrogen and oxygen atoms in total. The Labute approximate surface area is 109 Å². The van der Waals surface area contributed by atoms with E-state index in [1.165, 1.54) is 0 Å². The molecular formula is C13H14BrNO2. The topological polar surface area (TPSA) is 37.4 Å². The van der Waals surface area contributed by atoms with Gasteiger partial charge in [-0.25, -0.2) is 0 Å². The Morgan fingerprint density at radius 2 is 2.00 bits per heavy atom. The van der Waals surface area contributed by atoms with Crippen LogP contribution in [-0.4, -0.2) is 28.7 Å². The fraction of sp³-hybridized carbons (Fsp3) is 0.385. The second-order valence-corrected chi connectivity index (χ2v) is 5.52. The maximum Gasteiger partial charge on any atom is 0.255 e. The minimum Gasteiger partial charge on any atom is -0.326 e. The van der Waals surface area contributed by atoms with Crippen LogP contribution in [0.4, 0.5) is 0 Å². The van der Waals surface area contributed by atoms with E-state index >= 15 is 0 Å². The molecule has 0 aromatic heterocycles. The summed E-state index contributed by atoms with van der Waals surface area (Å²) in [5.74, 6) is 0.0335. The Hall–Kier alpha value is -1.16. The van der Waals surface area contributed by atoms with Gasteiger partial charge in [-0.1, -0.05) is 12.1 Å². The van der Waals surface area contributed by atoms with Crippen LogP contribution in [0.5, 0.6) is 0 Å². The van der Waals surface area contributed by atoms with Gasteiger partial charge in [0, 0.05) is 17.4 Å². The first kappa shape index (κ1) is 12.3. The monoisotopic (exact) mass is 295 g/mol. The predicted molar refractivity (Wildman–Crippen MR) is 68.9 cm³/mol. The van der Waals surface area contributed by atoms with Crippen LogP contribution in [-0.2, 0) is 4.79 Å². The van der Waals surface area contributed by atoms with Crippen LogP contribution in [0.1, 0.15) is 30.6 Å². The molecule has 0 N–H and O–H groups in total. The van der Waals surface area contributed by atoms with Crippen molar-refractivity contribution in [3.8, 4) is 0 Å². The molecule has 1 aliphatic rings. The Bertz CT molecular complexity index is 482. The van der Waals surface area contributed by atoms with E-state index < -0.39 is 5.54 Å². The molecule has 1 aromatic carbocycles. The van der Waals surface area contributed by atoms with Gasteiger partial charge in [0.15, 0.2) is 5.78 Å². The minimum atomic E-state index is -0.688. The van der Waals surface area contributed by atoms with Gasteiger partial charge in [-0.05, 0) is 41.9 Å². The lowest BCUT2D eigenvalue weighted by Crippen LogP contribution is -2.46. The van der Waals surface area contributed by atoms with E-state index in [9.17, 15) is 9.59 Å². The molecule has 90 valence electrons. The number of amides is 1. The molecule has 0 radical (unpaired) electrons. The second kappa shape index (κ2) is 4.26. The molecule has 1 saturated heterocycles.